The number of carbonyl (C=O) groups is 2. The molecule has 9 nitrogen and oxygen atoms in total. The van der Waals surface area contributed by atoms with Gasteiger partial charge in [0, 0.05) is 51.4 Å². The number of carbonyl (C=O) groups excluding carboxylic acids is 2. The summed E-state index contributed by atoms with van der Waals surface area (Å²) < 4.78 is 12.2. The van der Waals surface area contributed by atoms with E-state index in [0.717, 1.165) is 0 Å². The zero-order valence-electron chi connectivity index (χ0n) is 22.0. The Morgan fingerprint density at radius 2 is 1.71 bits per heavy atom. The quantitative estimate of drug-likeness (QED) is 0.392. The monoisotopic (exact) mass is 494 g/mol. The Bertz CT molecular complexity index is 917. The Morgan fingerprint density at radius 1 is 1.11 bits per heavy atom. The number of piperazine rings is 1. The standard InChI is InChI=1S/C26H42N2O7/c1-8-22(4)16-18(30)26(33)23(5,35-22)15-17(29)19-21(2,3)9-10-25(32,24(19,26)6)34-20(31)28-13-11-27(7)12-14-28/h8,17,19,29,32-33H,1,9-16H2,2-7H3/t17-,19+,22+,23-,24-,25-,26-/m1/s1. The summed E-state index contributed by atoms with van der Waals surface area (Å²) in [6.45, 7) is 14.8. The highest BCUT2D eigenvalue weighted by Crippen LogP contribution is 2.69. The van der Waals surface area contributed by atoms with E-state index in [1.54, 1.807) is 20.8 Å². The van der Waals surface area contributed by atoms with E-state index < -0.39 is 57.3 Å². The highest BCUT2D eigenvalue weighted by atomic mass is 16.7. The Labute approximate surface area is 208 Å². The third kappa shape index (κ3) is 3.53. The SMILES string of the molecule is C=C[C@@]1(C)CC(=O)[C@]2(O)[C@]3(C)[C@@H]([C@H](O)C[C@@]2(C)O1)C(C)(C)CC[C@@]3(O)OC(=O)N1CCN(C)CC1. The summed E-state index contributed by atoms with van der Waals surface area (Å²) in [6, 6.07) is 0. The molecular weight excluding hydrogens is 452 g/mol. The van der Waals surface area contributed by atoms with Crippen molar-refractivity contribution in [2.24, 2.45) is 16.7 Å². The second-order valence-corrected chi connectivity index (χ2v) is 12.5. The first kappa shape index (κ1) is 26.5. The molecule has 0 radical (unpaired) electrons. The van der Waals surface area contributed by atoms with Gasteiger partial charge in [-0.2, -0.15) is 0 Å². The highest BCUT2D eigenvalue weighted by molar-refractivity contribution is 5.92. The summed E-state index contributed by atoms with van der Waals surface area (Å²) in [7, 11) is 1.97. The summed E-state index contributed by atoms with van der Waals surface area (Å²) in [5.74, 6) is -3.46. The van der Waals surface area contributed by atoms with Crippen LogP contribution < -0.4 is 0 Å². The van der Waals surface area contributed by atoms with Crippen molar-refractivity contribution >= 4 is 11.9 Å². The minimum Gasteiger partial charge on any atom is -0.416 e. The van der Waals surface area contributed by atoms with Crippen molar-refractivity contribution in [3.05, 3.63) is 12.7 Å². The maximum Gasteiger partial charge on any atom is 0.412 e. The molecule has 0 bridgehead atoms. The Hall–Kier alpha value is -1.52. The zero-order chi connectivity index (χ0) is 26.2. The van der Waals surface area contributed by atoms with Gasteiger partial charge in [-0.05, 0) is 39.7 Å². The van der Waals surface area contributed by atoms with Gasteiger partial charge in [0.25, 0.3) is 0 Å². The van der Waals surface area contributed by atoms with E-state index in [0.29, 0.717) is 32.6 Å². The van der Waals surface area contributed by atoms with Crippen LogP contribution in [-0.2, 0) is 14.3 Å². The third-order valence-electron chi connectivity index (χ3n) is 9.71. The van der Waals surface area contributed by atoms with Crippen molar-refractivity contribution in [1.82, 2.24) is 9.80 Å². The third-order valence-corrected chi connectivity index (χ3v) is 9.71. The molecular formula is C26H42N2O7. The first-order chi connectivity index (χ1) is 16.0. The molecule has 35 heavy (non-hydrogen) atoms. The first-order valence-corrected chi connectivity index (χ1v) is 12.6. The van der Waals surface area contributed by atoms with Gasteiger partial charge in [-0.25, -0.2) is 4.79 Å². The molecule has 0 aromatic carbocycles. The Kier molecular flexibility index (Phi) is 6.06. The molecule has 4 fully saturated rings. The highest BCUT2D eigenvalue weighted by Gasteiger charge is 2.82. The molecule has 4 aliphatic rings. The maximum absolute atomic E-state index is 13.9. The minimum atomic E-state index is -2.22. The fraction of sp³-hybridized carbons (Fsp3) is 0.846. The van der Waals surface area contributed by atoms with Crippen LogP contribution in [0, 0.1) is 16.7 Å². The predicted octanol–water partition coefficient (Wildman–Crippen LogP) is 1.69. The molecule has 2 saturated carbocycles. The van der Waals surface area contributed by atoms with Gasteiger partial charge in [0.05, 0.1) is 17.1 Å². The molecule has 2 aliphatic carbocycles. The van der Waals surface area contributed by atoms with Crippen LogP contribution in [0.5, 0.6) is 0 Å². The normalized spacial score (nSPS) is 48.0. The summed E-state index contributed by atoms with van der Waals surface area (Å²) in [6.07, 6.45) is 0.114. The van der Waals surface area contributed by atoms with Crippen LogP contribution in [0.1, 0.15) is 60.3 Å². The largest absolute Gasteiger partial charge is 0.416 e. The molecule has 9 heteroatoms. The summed E-state index contributed by atoms with van der Waals surface area (Å²) in [5, 5.41) is 36.1. The number of nitrogens with zero attached hydrogens (tertiary/aromatic N) is 2. The number of likely N-dealkylation sites (N-methyl/N-ethyl adjacent to an activating group) is 1. The number of hydrogen-bond donors (Lipinski definition) is 3. The molecule has 0 aromatic heterocycles. The lowest BCUT2D eigenvalue weighted by Crippen LogP contribution is -2.85. The minimum absolute atomic E-state index is 0.00908. The predicted molar refractivity (Wildman–Crippen MR) is 128 cm³/mol. The van der Waals surface area contributed by atoms with E-state index in [4.69, 9.17) is 9.47 Å². The van der Waals surface area contributed by atoms with Gasteiger partial charge in [0.2, 0.25) is 5.79 Å². The number of rotatable bonds is 2. The van der Waals surface area contributed by atoms with Gasteiger partial charge in [-0.3, -0.25) is 4.79 Å². The average molecular weight is 495 g/mol. The van der Waals surface area contributed by atoms with Gasteiger partial charge >= 0.3 is 6.09 Å². The van der Waals surface area contributed by atoms with Crippen molar-refractivity contribution in [1.29, 1.82) is 0 Å². The Balaban J connectivity index is 1.82. The molecule has 4 rings (SSSR count). The lowest BCUT2D eigenvalue weighted by atomic mass is 9.39. The molecule has 7 atom stereocenters. The molecule has 0 aromatic rings. The molecule has 0 unspecified atom stereocenters. The van der Waals surface area contributed by atoms with Crippen LogP contribution in [0.4, 0.5) is 4.79 Å². The fourth-order valence-corrected chi connectivity index (χ4v) is 7.72. The van der Waals surface area contributed by atoms with Crippen LogP contribution in [0.2, 0.25) is 0 Å². The number of aliphatic hydroxyl groups excluding tert-OH is 1. The topological polar surface area (TPSA) is 120 Å². The van der Waals surface area contributed by atoms with Gasteiger partial charge in [-0.15, -0.1) is 6.58 Å². The molecule has 2 saturated heterocycles. The van der Waals surface area contributed by atoms with Gasteiger partial charge in [-0.1, -0.05) is 19.9 Å². The van der Waals surface area contributed by atoms with E-state index in [-0.39, 0.29) is 19.3 Å². The number of ketones is 1. The number of hydrogen-bond acceptors (Lipinski definition) is 8. The average Bonchev–Trinajstić information content (AvgIpc) is 2.74. The van der Waals surface area contributed by atoms with E-state index in [1.165, 1.54) is 11.0 Å². The molecule has 2 heterocycles. The van der Waals surface area contributed by atoms with E-state index in [1.807, 2.05) is 20.9 Å². The van der Waals surface area contributed by atoms with Crippen LogP contribution in [0.3, 0.4) is 0 Å². The number of fused-ring (bicyclic) bond motifs is 3. The van der Waals surface area contributed by atoms with Crippen molar-refractivity contribution in [3.8, 4) is 0 Å². The van der Waals surface area contributed by atoms with Crippen LogP contribution in [0.15, 0.2) is 12.7 Å². The van der Waals surface area contributed by atoms with E-state index in [2.05, 4.69) is 11.5 Å². The van der Waals surface area contributed by atoms with Crippen LogP contribution >= 0.6 is 0 Å². The molecule has 1 amide bonds. The van der Waals surface area contributed by atoms with Crippen LogP contribution in [-0.4, -0.2) is 98.9 Å². The van der Waals surface area contributed by atoms with Crippen molar-refractivity contribution in [2.45, 2.75) is 89.0 Å². The number of amides is 1. The lowest BCUT2D eigenvalue weighted by molar-refractivity contribution is -0.399. The lowest BCUT2D eigenvalue weighted by Gasteiger charge is -2.71. The molecule has 198 valence electrons. The number of ether oxygens (including phenoxy) is 2. The molecule has 0 spiro atoms. The van der Waals surface area contributed by atoms with Crippen molar-refractivity contribution in [2.75, 3.05) is 33.2 Å². The van der Waals surface area contributed by atoms with Gasteiger partial charge in [0.1, 0.15) is 5.60 Å². The zero-order valence-corrected chi connectivity index (χ0v) is 22.0. The maximum atomic E-state index is 13.9. The fourth-order valence-electron chi connectivity index (χ4n) is 7.72. The van der Waals surface area contributed by atoms with Gasteiger partial charge in [0.15, 0.2) is 11.4 Å². The van der Waals surface area contributed by atoms with Crippen LogP contribution in [0.25, 0.3) is 0 Å². The summed E-state index contributed by atoms with van der Waals surface area (Å²) in [4.78, 5) is 30.8. The molecule has 3 N–H and O–H groups in total. The van der Waals surface area contributed by atoms with Gasteiger partial charge < -0.3 is 34.6 Å². The summed E-state index contributed by atoms with van der Waals surface area (Å²) in [5.41, 5.74) is -7.11. The molecule has 2 aliphatic heterocycles. The first-order valence-electron chi connectivity index (χ1n) is 12.6. The van der Waals surface area contributed by atoms with Crippen molar-refractivity contribution in [3.63, 3.8) is 0 Å². The smallest absolute Gasteiger partial charge is 0.412 e. The van der Waals surface area contributed by atoms with E-state index in [9.17, 15) is 24.9 Å². The summed E-state index contributed by atoms with van der Waals surface area (Å²) >= 11 is 0. The van der Waals surface area contributed by atoms with Crippen molar-refractivity contribution < 1.29 is 34.4 Å². The second kappa shape index (κ2) is 7.99. The number of aliphatic hydroxyl groups is 3. The Morgan fingerprint density at radius 3 is 2.29 bits per heavy atom. The number of Topliss-reactive ketones (excluding diaryl/α,β-unsaturated/α-hetero) is 1. The van der Waals surface area contributed by atoms with E-state index >= 15 is 0 Å². The second-order valence-electron chi connectivity index (χ2n) is 12.5.